The van der Waals surface area contributed by atoms with Crippen LogP contribution in [-0.4, -0.2) is 107 Å². The van der Waals surface area contributed by atoms with Crippen LogP contribution in [0.2, 0.25) is 18.1 Å². The Bertz CT molecular complexity index is 1110. The van der Waals surface area contributed by atoms with Crippen LogP contribution in [0.1, 0.15) is 82.1 Å². The molecule has 2 aliphatic heterocycles. The molecule has 0 aromatic carbocycles. The number of nitrogens with one attached hydrogen (secondary N) is 2. The van der Waals surface area contributed by atoms with Gasteiger partial charge in [-0.1, -0.05) is 27.7 Å². The predicted octanol–water partition coefficient (Wildman–Crippen LogP) is 6.57. The van der Waals surface area contributed by atoms with Crippen LogP contribution >= 0.6 is 16.0 Å². The molecule has 0 radical (unpaired) electrons. The van der Waals surface area contributed by atoms with Crippen molar-refractivity contribution >= 4 is 30.6 Å². The zero-order chi connectivity index (χ0) is 36.4. The van der Waals surface area contributed by atoms with Crippen LogP contribution < -0.4 is 10.4 Å². The van der Waals surface area contributed by atoms with Gasteiger partial charge in [0.05, 0.1) is 68.7 Å². The van der Waals surface area contributed by atoms with Gasteiger partial charge in [0.25, 0.3) is 8.53 Å². The number of nitriles is 2. The van der Waals surface area contributed by atoms with Crippen LogP contribution in [0, 0.1) is 28.6 Å². The van der Waals surface area contributed by atoms with Gasteiger partial charge in [0.1, 0.15) is 12.2 Å². The standard InChI is InChI=1S/C33H65N5O7P2Si/c1-23(2)38(24(3)4)46(39-19-15-17-34)43-30-25(5)26(6)41-29(30)22-37-47(12,40-20-16-18-35)44-32-28(21-36-11)42-27(7)31(32)45-48(13,14)33(8,9)10/h23-32,36-37H,12,15-16,19-22H2,1-11,13-14H3/t25-,26+,27+,28-,29-,30?,31-,32?,46?,47?/m1/s1. The molecule has 4 unspecified atom stereocenters. The van der Waals surface area contributed by atoms with Crippen molar-refractivity contribution in [2.24, 2.45) is 5.92 Å². The van der Waals surface area contributed by atoms with E-state index in [2.05, 4.69) is 109 Å². The maximum absolute atomic E-state index is 9.31. The van der Waals surface area contributed by atoms with Crippen molar-refractivity contribution in [3.05, 3.63) is 0 Å². The maximum atomic E-state index is 9.31. The lowest BCUT2D eigenvalue weighted by molar-refractivity contribution is 0.0162. The monoisotopic (exact) mass is 733 g/mol. The van der Waals surface area contributed by atoms with Crippen molar-refractivity contribution in [2.45, 2.75) is 155 Å². The quantitative estimate of drug-likeness (QED) is 0.0795. The molecule has 2 fully saturated rings. The molecule has 48 heavy (non-hydrogen) atoms. The topological polar surface area (TPSA) is 139 Å². The molecule has 0 saturated carbocycles. The minimum absolute atomic E-state index is 0.00272. The summed E-state index contributed by atoms with van der Waals surface area (Å²) in [5, 5.41) is 25.2. The molecular weight excluding hydrogens is 668 g/mol. The first-order valence-corrected chi connectivity index (χ1v) is 23.2. The Morgan fingerprint density at radius 3 is 2.02 bits per heavy atom. The molecule has 2 aliphatic rings. The second kappa shape index (κ2) is 19.4. The molecule has 0 amide bonds. The molecule has 2 N–H and O–H groups in total. The van der Waals surface area contributed by atoms with Crippen molar-refractivity contribution in [1.29, 1.82) is 10.5 Å². The number of likely N-dealkylation sites (N-methyl/N-ethyl adjacent to an activating group) is 1. The Morgan fingerprint density at radius 2 is 1.48 bits per heavy atom. The Labute approximate surface area is 294 Å². The third-order valence-corrected chi connectivity index (χ3v) is 17.9. The SMILES string of the molecule is C=P(NC[C@H]1O[C@@H](C)[C@@H](C)C1OP(OCCC#N)N(C(C)C)C(C)C)(OCCC#N)OC1[C@@H](CNC)O[C@@H](C)[C@H]1O[Si](C)(C)C(C)(C)C. The third-order valence-electron chi connectivity index (χ3n) is 9.41. The van der Waals surface area contributed by atoms with Crippen LogP contribution in [0.25, 0.3) is 0 Å². The number of hydrogen-bond donors (Lipinski definition) is 2. The Kier molecular flexibility index (Phi) is 17.6. The number of rotatable bonds is 20. The van der Waals surface area contributed by atoms with Gasteiger partial charge in [0.2, 0.25) is 0 Å². The Morgan fingerprint density at radius 1 is 0.917 bits per heavy atom. The zero-order valence-corrected chi connectivity index (χ0v) is 34.6. The van der Waals surface area contributed by atoms with E-state index in [4.69, 9.17) is 37.3 Å². The fourth-order valence-corrected chi connectivity index (χ4v) is 10.6. The van der Waals surface area contributed by atoms with E-state index < -0.39 is 30.4 Å². The molecular formula is C33H65N5O7P2Si. The summed E-state index contributed by atoms with van der Waals surface area (Å²) >= 11 is 0. The minimum atomic E-state index is -3.04. The molecule has 2 saturated heterocycles. The first kappa shape index (κ1) is 43.7. The summed E-state index contributed by atoms with van der Waals surface area (Å²) in [6.07, 6.45) is 3.01. The van der Waals surface area contributed by atoms with E-state index in [0.717, 1.165) is 0 Å². The molecule has 278 valence electrons. The van der Waals surface area contributed by atoms with Gasteiger partial charge in [-0.15, -0.1) is 0 Å². The van der Waals surface area contributed by atoms with Gasteiger partial charge in [-0.25, -0.2) is 4.67 Å². The highest BCUT2D eigenvalue weighted by Crippen LogP contribution is 2.52. The van der Waals surface area contributed by atoms with E-state index in [0.29, 0.717) is 19.7 Å². The predicted molar refractivity (Wildman–Crippen MR) is 197 cm³/mol. The normalized spacial score (nSPS) is 30.1. The van der Waals surface area contributed by atoms with E-state index in [1.807, 2.05) is 14.0 Å². The molecule has 2 rings (SSSR count). The number of hydrogen-bond acceptors (Lipinski definition) is 12. The van der Waals surface area contributed by atoms with Crippen LogP contribution in [-0.2, 0) is 32.0 Å². The molecule has 0 aromatic rings. The van der Waals surface area contributed by atoms with Gasteiger partial charge in [0, 0.05) is 31.1 Å². The summed E-state index contributed by atoms with van der Waals surface area (Å²) in [4.78, 5) is 0. The molecule has 10 atom stereocenters. The van der Waals surface area contributed by atoms with Crippen LogP contribution in [0.4, 0.5) is 0 Å². The average molecular weight is 734 g/mol. The fourth-order valence-electron chi connectivity index (χ4n) is 5.67. The van der Waals surface area contributed by atoms with Gasteiger partial charge >= 0.3 is 0 Å². The van der Waals surface area contributed by atoms with E-state index in [1.54, 1.807) is 0 Å². The van der Waals surface area contributed by atoms with Crippen molar-refractivity contribution in [3.63, 3.8) is 0 Å². The van der Waals surface area contributed by atoms with Gasteiger partial charge in [0.15, 0.2) is 15.8 Å². The maximum Gasteiger partial charge on any atom is 0.259 e. The van der Waals surface area contributed by atoms with E-state index in [-0.39, 0.29) is 79.1 Å². The number of ether oxygens (including phenoxy) is 2. The van der Waals surface area contributed by atoms with E-state index >= 15 is 0 Å². The molecule has 2 heterocycles. The molecule has 12 nitrogen and oxygen atoms in total. The summed E-state index contributed by atoms with van der Waals surface area (Å²) in [6.45, 7) is 27.2. The third kappa shape index (κ3) is 12.1. The lowest BCUT2D eigenvalue weighted by Crippen LogP contribution is -2.50. The van der Waals surface area contributed by atoms with Crippen molar-refractivity contribution in [3.8, 4) is 12.1 Å². The molecule has 0 aromatic heterocycles. The summed E-state index contributed by atoms with van der Waals surface area (Å²) < 4.78 is 48.3. The van der Waals surface area contributed by atoms with Crippen molar-refractivity contribution < 1.29 is 32.0 Å². The molecule has 0 bridgehead atoms. The molecule has 15 heteroatoms. The number of nitrogens with zero attached hydrogens (tertiary/aromatic N) is 3. The first-order chi connectivity index (χ1) is 22.3. The van der Waals surface area contributed by atoms with Crippen molar-refractivity contribution in [2.75, 3.05) is 33.4 Å². The fraction of sp³-hybridized carbons (Fsp3) is 0.909. The van der Waals surface area contributed by atoms with Gasteiger partial charge in [-0.3, -0.25) is 5.09 Å². The smallest absolute Gasteiger partial charge is 0.259 e. The first-order valence-electron chi connectivity index (χ1n) is 17.4. The van der Waals surface area contributed by atoms with E-state index in [9.17, 15) is 5.26 Å². The lowest BCUT2D eigenvalue weighted by atomic mass is 10.00. The van der Waals surface area contributed by atoms with Gasteiger partial charge in [-0.05, 0) is 73.0 Å². The Hall–Kier alpha value is -0.473. The van der Waals surface area contributed by atoms with Crippen LogP contribution in [0.3, 0.4) is 0 Å². The van der Waals surface area contributed by atoms with E-state index in [1.165, 1.54) is 0 Å². The van der Waals surface area contributed by atoms with Crippen LogP contribution in [0.5, 0.6) is 0 Å². The largest absolute Gasteiger partial charge is 0.409 e. The highest BCUT2D eigenvalue weighted by molar-refractivity contribution is 7.62. The molecule has 0 aliphatic carbocycles. The van der Waals surface area contributed by atoms with Crippen LogP contribution in [0.15, 0.2) is 0 Å². The summed E-state index contributed by atoms with van der Waals surface area (Å²) in [6, 6.07) is 4.68. The lowest BCUT2D eigenvalue weighted by Gasteiger charge is -2.41. The van der Waals surface area contributed by atoms with Gasteiger partial charge in [-0.2, -0.15) is 10.5 Å². The zero-order valence-electron chi connectivity index (χ0n) is 31.8. The Balaban J connectivity index is 2.38. The minimum Gasteiger partial charge on any atom is -0.409 e. The summed E-state index contributed by atoms with van der Waals surface area (Å²) in [5.41, 5.74) is 0. The van der Waals surface area contributed by atoms with Crippen molar-refractivity contribution in [1.82, 2.24) is 15.1 Å². The second-order valence-electron chi connectivity index (χ2n) is 15.0. The second-order valence-corrected chi connectivity index (χ2v) is 23.3. The van der Waals surface area contributed by atoms with Gasteiger partial charge < -0.3 is 37.3 Å². The summed E-state index contributed by atoms with van der Waals surface area (Å²) in [7, 11) is -4.81. The highest BCUT2D eigenvalue weighted by atomic mass is 31.2. The average Bonchev–Trinajstić information content (AvgIpc) is 3.40. The molecule has 0 spiro atoms. The highest BCUT2D eigenvalue weighted by Gasteiger charge is 2.51. The summed E-state index contributed by atoms with van der Waals surface area (Å²) in [5.74, 6) is 0.0759.